The van der Waals surface area contributed by atoms with Gasteiger partial charge < -0.3 is 15.0 Å². The van der Waals surface area contributed by atoms with Gasteiger partial charge >= 0.3 is 0 Å². The van der Waals surface area contributed by atoms with Gasteiger partial charge in [0, 0.05) is 29.7 Å². The molecule has 0 saturated carbocycles. The molecule has 6 heteroatoms. The van der Waals surface area contributed by atoms with Crippen molar-refractivity contribution in [1.82, 2.24) is 4.90 Å². The Bertz CT molecular complexity index is 716. The third-order valence-corrected chi connectivity index (χ3v) is 3.81. The van der Waals surface area contributed by atoms with E-state index in [2.05, 4.69) is 21.2 Å². The lowest BCUT2D eigenvalue weighted by Crippen LogP contribution is -2.30. The zero-order chi connectivity index (χ0) is 17.5. The minimum Gasteiger partial charge on any atom is -0.492 e. The number of rotatable bonds is 6. The standard InChI is InChI=1S/C18H19BrN2O3/c1-13(22)20-16-5-3-4-14(12-16)18(23)21(2)10-11-24-17-8-6-15(19)7-9-17/h3-9,12H,10-11H2,1-2H3,(H,20,22). The van der Waals surface area contributed by atoms with Crippen molar-refractivity contribution in [3.8, 4) is 5.75 Å². The van der Waals surface area contributed by atoms with Crippen molar-refractivity contribution in [2.45, 2.75) is 6.92 Å². The molecular formula is C18H19BrN2O3. The number of anilines is 1. The zero-order valence-corrected chi connectivity index (χ0v) is 15.2. The summed E-state index contributed by atoms with van der Waals surface area (Å²) in [5, 5.41) is 2.67. The third kappa shape index (κ3) is 5.38. The first-order valence-electron chi connectivity index (χ1n) is 7.47. The van der Waals surface area contributed by atoms with Crippen LogP contribution in [0.5, 0.6) is 5.75 Å². The summed E-state index contributed by atoms with van der Waals surface area (Å²) >= 11 is 3.37. The number of hydrogen-bond donors (Lipinski definition) is 1. The lowest BCUT2D eigenvalue weighted by atomic mass is 10.1. The van der Waals surface area contributed by atoms with E-state index in [1.165, 1.54) is 6.92 Å². The fourth-order valence-electron chi connectivity index (χ4n) is 2.09. The van der Waals surface area contributed by atoms with Crippen LogP contribution >= 0.6 is 15.9 Å². The summed E-state index contributed by atoms with van der Waals surface area (Å²) in [6.45, 7) is 2.29. The largest absolute Gasteiger partial charge is 0.492 e. The van der Waals surface area contributed by atoms with Crippen LogP contribution in [-0.2, 0) is 4.79 Å². The number of nitrogens with zero attached hydrogens (tertiary/aromatic N) is 1. The first kappa shape index (κ1) is 18.0. The second-order valence-corrected chi connectivity index (χ2v) is 6.21. The van der Waals surface area contributed by atoms with Crippen LogP contribution in [0.2, 0.25) is 0 Å². The summed E-state index contributed by atoms with van der Waals surface area (Å²) in [4.78, 5) is 25.1. The van der Waals surface area contributed by atoms with E-state index in [0.29, 0.717) is 24.4 Å². The van der Waals surface area contributed by atoms with E-state index in [-0.39, 0.29) is 11.8 Å². The van der Waals surface area contributed by atoms with Crippen molar-refractivity contribution in [2.75, 3.05) is 25.5 Å². The number of hydrogen-bond acceptors (Lipinski definition) is 3. The van der Waals surface area contributed by atoms with E-state index in [9.17, 15) is 9.59 Å². The molecule has 0 fully saturated rings. The average Bonchev–Trinajstić information content (AvgIpc) is 2.55. The minimum atomic E-state index is -0.171. The molecule has 0 radical (unpaired) electrons. The number of amides is 2. The molecule has 2 amide bonds. The van der Waals surface area contributed by atoms with E-state index in [1.54, 1.807) is 36.2 Å². The summed E-state index contributed by atoms with van der Waals surface area (Å²) in [5.41, 5.74) is 1.13. The molecule has 0 aromatic heterocycles. The van der Waals surface area contributed by atoms with Crippen molar-refractivity contribution in [1.29, 1.82) is 0 Å². The van der Waals surface area contributed by atoms with Crippen LogP contribution in [0.3, 0.4) is 0 Å². The Hall–Kier alpha value is -2.34. The van der Waals surface area contributed by atoms with Crippen LogP contribution in [0.15, 0.2) is 53.0 Å². The Balaban J connectivity index is 1.89. The number of likely N-dealkylation sites (N-methyl/N-ethyl adjacent to an activating group) is 1. The van der Waals surface area contributed by atoms with Crippen molar-refractivity contribution < 1.29 is 14.3 Å². The van der Waals surface area contributed by atoms with E-state index < -0.39 is 0 Å². The maximum absolute atomic E-state index is 12.4. The summed E-state index contributed by atoms with van der Waals surface area (Å²) in [7, 11) is 1.72. The highest BCUT2D eigenvalue weighted by Gasteiger charge is 2.12. The Labute approximate surface area is 149 Å². The molecule has 0 atom stereocenters. The molecule has 0 spiro atoms. The number of nitrogens with one attached hydrogen (secondary N) is 1. The molecular weight excluding hydrogens is 372 g/mol. The lowest BCUT2D eigenvalue weighted by Gasteiger charge is -2.18. The van der Waals surface area contributed by atoms with Gasteiger partial charge in [-0.1, -0.05) is 22.0 Å². The Morgan fingerprint density at radius 2 is 1.88 bits per heavy atom. The summed E-state index contributed by atoms with van der Waals surface area (Å²) in [6.07, 6.45) is 0. The van der Waals surface area contributed by atoms with Crippen molar-refractivity contribution >= 4 is 33.4 Å². The van der Waals surface area contributed by atoms with Gasteiger partial charge in [0.2, 0.25) is 5.91 Å². The smallest absolute Gasteiger partial charge is 0.253 e. The third-order valence-electron chi connectivity index (χ3n) is 3.29. The second-order valence-electron chi connectivity index (χ2n) is 5.29. The monoisotopic (exact) mass is 390 g/mol. The average molecular weight is 391 g/mol. The normalized spacial score (nSPS) is 10.1. The van der Waals surface area contributed by atoms with Crippen molar-refractivity contribution in [3.63, 3.8) is 0 Å². The summed E-state index contributed by atoms with van der Waals surface area (Å²) < 4.78 is 6.61. The van der Waals surface area contributed by atoms with Gasteiger partial charge in [-0.3, -0.25) is 9.59 Å². The van der Waals surface area contributed by atoms with Gasteiger partial charge in [-0.2, -0.15) is 0 Å². The Morgan fingerprint density at radius 3 is 2.54 bits per heavy atom. The molecule has 0 bridgehead atoms. The second kappa shape index (κ2) is 8.49. The predicted octanol–water partition coefficient (Wildman–Crippen LogP) is 3.56. The first-order valence-corrected chi connectivity index (χ1v) is 8.26. The van der Waals surface area contributed by atoms with Crippen LogP contribution in [0.25, 0.3) is 0 Å². The minimum absolute atomic E-state index is 0.124. The highest BCUT2D eigenvalue weighted by atomic mass is 79.9. The molecule has 0 aliphatic carbocycles. The molecule has 2 rings (SSSR count). The molecule has 126 valence electrons. The zero-order valence-electron chi connectivity index (χ0n) is 13.6. The fourth-order valence-corrected chi connectivity index (χ4v) is 2.35. The molecule has 2 aromatic rings. The Kier molecular flexibility index (Phi) is 6.37. The Morgan fingerprint density at radius 1 is 1.17 bits per heavy atom. The van der Waals surface area contributed by atoms with E-state index in [1.807, 2.05) is 24.3 Å². The number of carbonyl (C=O) groups is 2. The lowest BCUT2D eigenvalue weighted by molar-refractivity contribution is -0.114. The molecule has 1 N–H and O–H groups in total. The maximum Gasteiger partial charge on any atom is 0.253 e. The van der Waals surface area contributed by atoms with E-state index in [0.717, 1.165) is 10.2 Å². The van der Waals surface area contributed by atoms with Gasteiger partial charge in [-0.05, 0) is 42.5 Å². The molecule has 0 aliphatic heterocycles. The van der Waals surface area contributed by atoms with Gasteiger partial charge in [-0.25, -0.2) is 0 Å². The molecule has 2 aromatic carbocycles. The summed E-state index contributed by atoms with van der Waals surface area (Å²) in [6, 6.07) is 14.4. The van der Waals surface area contributed by atoms with Crippen molar-refractivity contribution in [2.24, 2.45) is 0 Å². The number of benzene rings is 2. The van der Waals surface area contributed by atoms with Gasteiger partial charge in [0.05, 0.1) is 6.54 Å². The van der Waals surface area contributed by atoms with Gasteiger partial charge in [-0.15, -0.1) is 0 Å². The van der Waals surface area contributed by atoms with E-state index in [4.69, 9.17) is 4.74 Å². The number of halogens is 1. The van der Waals surface area contributed by atoms with Gasteiger partial charge in [0.25, 0.3) is 5.91 Å². The number of ether oxygens (including phenoxy) is 1. The summed E-state index contributed by atoms with van der Waals surface area (Å²) in [5.74, 6) is 0.462. The van der Waals surface area contributed by atoms with Crippen LogP contribution in [0.4, 0.5) is 5.69 Å². The van der Waals surface area contributed by atoms with Crippen LogP contribution < -0.4 is 10.1 Å². The maximum atomic E-state index is 12.4. The highest BCUT2D eigenvalue weighted by molar-refractivity contribution is 9.10. The SMILES string of the molecule is CC(=O)Nc1cccc(C(=O)N(C)CCOc2ccc(Br)cc2)c1. The van der Waals surface area contributed by atoms with Crippen molar-refractivity contribution in [3.05, 3.63) is 58.6 Å². The topological polar surface area (TPSA) is 58.6 Å². The highest BCUT2D eigenvalue weighted by Crippen LogP contribution is 2.16. The predicted molar refractivity (Wildman–Crippen MR) is 97.3 cm³/mol. The van der Waals surface area contributed by atoms with Gasteiger partial charge in [0.1, 0.15) is 12.4 Å². The van der Waals surface area contributed by atoms with E-state index >= 15 is 0 Å². The van der Waals surface area contributed by atoms with Crippen LogP contribution in [0, 0.1) is 0 Å². The quantitative estimate of drug-likeness (QED) is 0.819. The molecule has 24 heavy (non-hydrogen) atoms. The fraction of sp³-hybridized carbons (Fsp3) is 0.222. The molecule has 0 saturated heterocycles. The van der Waals surface area contributed by atoms with Gasteiger partial charge in [0.15, 0.2) is 0 Å². The van der Waals surface area contributed by atoms with Crippen LogP contribution in [-0.4, -0.2) is 36.9 Å². The molecule has 5 nitrogen and oxygen atoms in total. The molecule has 0 unspecified atom stereocenters. The first-order chi connectivity index (χ1) is 11.5. The molecule has 0 aliphatic rings. The molecule has 0 heterocycles. The van der Waals surface area contributed by atoms with Crippen LogP contribution in [0.1, 0.15) is 17.3 Å². The number of carbonyl (C=O) groups excluding carboxylic acids is 2.